The van der Waals surface area contributed by atoms with Crippen LogP contribution in [0.1, 0.15) is 11.4 Å². The summed E-state index contributed by atoms with van der Waals surface area (Å²) >= 11 is 0. The number of benzene rings is 2. The number of amides is 1. The average molecular weight is 440 g/mol. The summed E-state index contributed by atoms with van der Waals surface area (Å²) < 4.78 is 2.16. The summed E-state index contributed by atoms with van der Waals surface area (Å²) in [5.41, 5.74) is 5.55. The largest absolute Gasteiger partial charge is 0.344 e. The van der Waals surface area contributed by atoms with Gasteiger partial charge in [-0.25, -0.2) is 4.98 Å². The molecule has 1 amide bonds. The van der Waals surface area contributed by atoms with Gasteiger partial charge in [-0.1, -0.05) is 42.5 Å². The first-order chi connectivity index (χ1) is 16.1. The molecule has 0 unspecified atom stereocenters. The predicted molar refractivity (Wildman–Crippen MR) is 130 cm³/mol. The number of fused-ring (bicyclic) bond motifs is 1. The Balaban J connectivity index is 1.36. The lowest BCUT2D eigenvalue weighted by molar-refractivity contribution is -0.133. The van der Waals surface area contributed by atoms with Crippen LogP contribution in [0, 0.1) is 5.92 Å². The Kier molecular flexibility index (Phi) is 5.92. The number of rotatable bonds is 5. The Morgan fingerprint density at radius 1 is 0.970 bits per heavy atom. The molecular weight excluding hydrogens is 410 g/mol. The van der Waals surface area contributed by atoms with Gasteiger partial charge in [-0.05, 0) is 41.3 Å². The van der Waals surface area contributed by atoms with E-state index in [2.05, 4.69) is 64.0 Å². The van der Waals surface area contributed by atoms with Crippen LogP contribution in [0.5, 0.6) is 0 Å². The summed E-state index contributed by atoms with van der Waals surface area (Å²) in [7, 11) is 3.99. The summed E-state index contributed by atoms with van der Waals surface area (Å²) in [6.45, 7) is 3.04. The summed E-state index contributed by atoms with van der Waals surface area (Å²) in [6, 6.07) is 20.7. The number of hydrogen-bond acceptors (Lipinski definition) is 4. The van der Waals surface area contributed by atoms with E-state index in [1.807, 2.05) is 36.3 Å². The van der Waals surface area contributed by atoms with E-state index < -0.39 is 0 Å². The van der Waals surface area contributed by atoms with Crippen molar-refractivity contribution in [2.45, 2.75) is 13.0 Å². The highest BCUT2D eigenvalue weighted by Crippen LogP contribution is 2.23. The molecule has 0 saturated carbocycles. The number of carbonyl (C=O) groups excluding carboxylic acids is 1. The molecule has 0 N–H and O–H groups in total. The second-order valence-electron chi connectivity index (χ2n) is 8.91. The fourth-order valence-corrected chi connectivity index (χ4v) is 4.72. The highest BCUT2D eigenvalue weighted by Gasteiger charge is 2.29. The molecule has 0 aliphatic carbocycles. The zero-order valence-corrected chi connectivity index (χ0v) is 19.2. The molecule has 1 aliphatic heterocycles. The maximum Gasteiger partial charge on any atom is 0.227 e. The van der Waals surface area contributed by atoms with Gasteiger partial charge < -0.3 is 9.47 Å². The lowest BCUT2D eigenvalue weighted by atomic mass is 9.95. The van der Waals surface area contributed by atoms with E-state index in [9.17, 15) is 4.79 Å². The topological polar surface area (TPSA) is 54.3 Å². The van der Waals surface area contributed by atoms with Gasteiger partial charge >= 0.3 is 0 Å². The molecular formula is C27H29N5O. The fraction of sp³-hybridized carbons (Fsp3) is 0.296. The van der Waals surface area contributed by atoms with E-state index >= 15 is 0 Å². The van der Waals surface area contributed by atoms with Crippen LogP contribution < -0.4 is 0 Å². The molecule has 2 aromatic heterocycles. The van der Waals surface area contributed by atoms with Crippen molar-refractivity contribution in [3.63, 3.8) is 0 Å². The molecule has 6 nitrogen and oxygen atoms in total. The van der Waals surface area contributed by atoms with Crippen molar-refractivity contribution in [2.24, 2.45) is 13.0 Å². The van der Waals surface area contributed by atoms with Crippen LogP contribution in [-0.4, -0.2) is 56.9 Å². The smallest absolute Gasteiger partial charge is 0.227 e. The number of aromatic nitrogens is 3. The van der Waals surface area contributed by atoms with E-state index in [1.54, 1.807) is 6.20 Å². The van der Waals surface area contributed by atoms with Gasteiger partial charge in [0.2, 0.25) is 5.91 Å². The number of likely N-dealkylation sites (N-methyl/N-ethyl adjacent to an activating group) is 1. The SMILES string of the molecule is CN1CCN(Cc2nc3ccccc3n2C)C[C@H](Cc2cccc(-c3cccnc3)c2)C1=O. The lowest BCUT2D eigenvalue weighted by Crippen LogP contribution is -2.34. The summed E-state index contributed by atoms with van der Waals surface area (Å²) in [5, 5.41) is 0. The molecule has 33 heavy (non-hydrogen) atoms. The Morgan fingerprint density at radius 2 is 1.82 bits per heavy atom. The van der Waals surface area contributed by atoms with Crippen molar-refractivity contribution >= 4 is 16.9 Å². The monoisotopic (exact) mass is 439 g/mol. The standard InChI is InChI=1S/C27H29N5O/c1-30-13-14-32(19-26-29-24-10-3-4-11-25(24)31(26)2)18-23(27(30)33)16-20-7-5-8-21(15-20)22-9-6-12-28-17-22/h3-12,15,17,23H,13-14,16,18-19H2,1-2H3/t23-/m0/s1. The molecule has 1 saturated heterocycles. The van der Waals surface area contributed by atoms with Gasteiger partial charge in [0.1, 0.15) is 5.82 Å². The first-order valence-electron chi connectivity index (χ1n) is 11.5. The van der Waals surface area contributed by atoms with Crippen molar-refractivity contribution in [3.8, 4) is 11.1 Å². The average Bonchev–Trinajstić information content (AvgIpc) is 3.10. The van der Waals surface area contributed by atoms with Crippen LogP contribution >= 0.6 is 0 Å². The molecule has 4 aromatic rings. The maximum absolute atomic E-state index is 13.2. The molecule has 1 aliphatic rings. The minimum Gasteiger partial charge on any atom is -0.344 e. The molecule has 6 heteroatoms. The van der Waals surface area contributed by atoms with Crippen molar-refractivity contribution < 1.29 is 4.79 Å². The number of imidazole rings is 1. The minimum absolute atomic E-state index is 0.0867. The van der Waals surface area contributed by atoms with Crippen molar-refractivity contribution in [2.75, 3.05) is 26.7 Å². The summed E-state index contributed by atoms with van der Waals surface area (Å²) in [5.74, 6) is 1.16. The minimum atomic E-state index is -0.0867. The predicted octanol–water partition coefficient (Wildman–Crippen LogP) is 3.77. The molecule has 1 fully saturated rings. The third kappa shape index (κ3) is 4.52. The first kappa shape index (κ1) is 21.3. The first-order valence-corrected chi connectivity index (χ1v) is 11.5. The zero-order chi connectivity index (χ0) is 22.8. The lowest BCUT2D eigenvalue weighted by Gasteiger charge is -2.23. The number of nitrogens with zero attached hydrogens (tertiary/aromatic N) is 5. The maximum atomic E-state index is 13.2. The van der Waals surface area contributed by atoms with Crippen molar-refractivity contribution in [1.82, 2.24) is 24.3 Å². The highest BCUT2D eigenvalue weighted by atomic mass is 16.2. The third-order valence-corrected chi connectivity index (χ3v) is 6.60. The fourth-order valence-electron chi connectivity index (χ4n) is 4.72. The van der Waals surface area contributed by atoms with Crippen LogP contribution in [0.25, 0.3) is 22.2 Å². The Labute approximate surface area is 194 Å². The van der Waals surface area contributed by atoms with Crippen LogP contribution in [0.4, 0.5) is 0 Å². The van der Waals surface area contributed by atoms with E-state index in [4.69, 9.17) is 4.98 Å². The molecule has 1 atom stereocenters. The van der Waals surface area contributed by atoms with Crippen LogP contribution in [0.3, 0.4) is 0 Å². The number of aryl methyl sites for hydroxylation is 1. The van der Waals surface area contributed by atoms with Gasteiger partial charge in [-0.3, -0.25) is 14.7 Å². The van der Waals surface area contributed by atoms with Gasteiger partial charge in [0, 0.05) is 46.1 Å². The zero-order valence-electron chi connectivity index (χ0n) is 19.2. The third-order valence-electron chi connectivity index (χ3n) is 6.60. The summed E-state index contributed by atoms with van der Waals surface area (Å²) in [6.07, 6.45) is 4.38. The van der Waals surface area contributed by atoms with E-state index in [0.717, 1.165) is 60.6 Å². The number of para-hydroxylation sites is 2. The van der Waals surface area contributed by atoms with Crippen LogP contribution in [-0.2, 0) is 24.8 Å². The van der Waals surface area contributed by atoms with E-state index in [1.165, 1.54) is 5.56 Å². The van der Waals surface area contributed by atoms with Crippen LogP contribution in [0.15, 0.2) is 73.1 Å². The number of carbonyl (C=O) groups is 1. The summed E-state index contributed by atoms with van der Waals surface area (Å²) in [4.78, 5) is 26.5. The van der Waals surface area contributed by atoms with E-state index in [-0.39, 0.29) is 11.8 Å². The van der Waals surface area contributed by atoms with Crippen LogP contribution in [0.2, 0.25) is 0 Å². The van der Waals surface area contributed by atoms with Gasteiger partial charge in [0.15, 0.2) is 0 Å². The number of pyridine rings is 1. The molecule has 2 aromatic carbocycles. The number of hydrogen-bond donors (Lipinski definition) is 0. The second kappa shape index (κ2) is 9.16. The molecule has 5 rings (SSSR count). The normalized spacial score (nSPS) is 17.5. The van der Waals surface area contributed by atoms with Crippen molar-refractivity contribution in [3.05, 3.63) is 84.4 Å². The quantitative estimate of drug-likeness (QED) is 0.475. The molecule has 0 spiro atoms. The molecule has 3 heterocycles. The van der Waals surface area contributed by atoms with Gasteiger partial charge in [-0.15, -0.1) is 0 Å². The van der Waals surface area contributed by atoms with Crippen molar-refractivity contribution in [1.29, 1.82) is 0 Å². The van der Waals surface area contributed by atoms with Gasteiger partial charge in [0.05, 0.1) is 23.5 Å². The van der Waals surface area contributed by atoms with Gasteiger partial charge in [-0.2, -0.15) is 0 Å². The second-order valence-corrected chi connectivity index (χ2v) is 8.91. The van der Waals surface area contributed by atoms with E-state index in [0.29, 0.717) is 0 Å². The molecule has 168 valence electrons. The molecule has 0 radical (unpaired) electrons. The molecule has 0 bridgehead atoms. The highest BCUT2D eigenvalue weighted by molar-refractivity contribution is 5.79. The Morgan fingerprint density at radius 3 is 2.64 bits per heavy atom. The Hall–Kier alpha value is -3.51. The van der Waals surface area contributed by atoms with Gasteiger partial charge in [0.25, 0.3) is 0 Å². The Bertz CT molecular complexity index is 1270.